The fourth-order valence-corrected chi connectivity index (χ4v) is 3.83. The van der Waals surface area contributed by atoms with Crippen molar-refractivity contribution in [1.29, 1.82) is 0 Å². The van der Waals surface area contributed by atoms with Crippen molar-refractivity contribution in [2.24, 2.45) is 5.41 Å². The van der Waals surface area contributed by atoms with Crippen molar-refractivity contribution < 1.29 is 0 Å². The Morgan fingerprint density at radius 3 is 2.58 bits per heavy atom. The van der Waals surface area contributed by atoms with Crippen molar-refractivity contribution in [2.75, 3.05) is 6.54 Å². The van der Waals surface area contributed by atoms with E-state index in [9.17, 15) is 0 Å². The van der Waals surface area contributed by atoms with Crippen LogP contribution < -0.4 is 5.32 Å². The Morgan fingerprint density at radius 2 is 2.05 bits per heavy atom. The van der Waals surface area contributed by atoms with Crippen molar-refractivity contribution in [2.45, 2.75) is 33.2 Å². The van der Waals surface area contributed by atoms with Gasteiger partial charge in [-0.3, -0.25) is 0 Å². The molecule has 0 radical (unpaired) electrons. The Kier molecular flexibility index (Phi) is 5.07. The van der Waals surface area contributed by atoms with Gasteiger partial charge in [0.2, 0.25) is 0 Å². The SMILES string of the molecule is CCC(C)(C)CNC(c1cccs1)c1ccc(Cl)s1. The van der Waals surface area contributed by atoms with Gasteiger partial charge in [0, 0.05) is 16.3 Å². The van der Waals surface area contributed by atoms with Gasteiger partial charge in [0.25, 0.3) is 0 Å². The first-order valence-corrected chi connectivity index (χ1v) is 8.61. The van der Waals surface area contributed by atoms with Crippen LogP contribution in [0.1, 0.15) is 43.0 Å². The van der Waals surface area contributed by atoms with Crippen LogP contribution in [-0.4, -0.2) is 6.54 Å². The zero-order valence-corrected chi connectivity index (χ0v) is 14.0. The molecule has 0 aliphatic rings. The molecule has 19 heavy (non-hydrogen) atoms. The molecule has 2 rings (SSSR count). The minimum absolute atomic E-state index is 0.267. The van der Waals surface area contributed by atoms with E-state index in [2.05, 4.69) is 49.7 Å². The zero-order valence-electron chi connectivity index (χ0n) is 11.6. The van der Waals surface area contributed by atoms with Crippen molar-refractivity contribution in [3.63, 3.8) is 0 Å². The standard InChI is InChI=1S/C15H20ClNS2/c1-4-15(2,3)10-17-14(11-6-5-9-18-11)12-7-8-13(16)19-12/h5-9,14,17H,4,10H2,1-3H3. The highest BCUT2D eigenvalue weighted by Crippen LogP contribution is 2.33. The number of nitrogens with one attached hydrogen (secondary N) is 1. The summed E-state index contributed by atoms with van der Waals surface area (Å²) in [4.78, 5) is 2.64. The lowest BCUT2D eigenvalue weighted by Crippen LogP contribution is -2.31. The molecule has 1 N–H and O–H groups in total. The van der Waals surface area contributed by atoms with Crippen molar-refractivity contribution >= 4 is 34.3 Å². The monoisotopic (exact) mass is 313 g/mol. The van der Waals surface area contributed by atoms with Crippen LogP contribution in [0.3, 0.4) is 0 Å². The fourth-order valence-electron chi connectivity index (χ4n) is 1.78. The highest BCUT2D eigenvalue weighted by atomic mass is 35.5. The highest BCUT2D eigenvalue weighted by molar-refractivity contribution is 7.16. The predicted molar refractivity (Wildman–Crippen MR) is 87.6 cm³/mol. The van der Waals surface area contributed by atoms with E-state index in [1.165, 1.54) is 16.2 Å². The van der Waals surface area contributed by atoms with Crippen molar-refractivity contribution in [1.82, 2.24) is 5.32 Å². The Hall–Kier alpha value is -0.350. The van der Waals surface area contributed by atoms with E-state index in [0.29, 0.717) is 5.41 Å². The second-order valence-electron chi connectivity index (χ2n) is 5.49. The molecule has 1 nitrogen and oxygen atoms in total. The molecule has 0 aromatic carbocycles. The van der Waals surface area contributed by atoms with Gasteiger partial charge >= 0.3 is 0 Å². The average molecular weight is 314 g/mol. The number of hydrogen-bond donors (Lipinski definition) is 1. The molecule has 0 bridgehead atoms. The van der Waals surface area contributed by atoms with Gasteiger partial charge in [-0.25, -0.2) is 0 Å². The van der Waals surface area contributed by atoms with Crippen LogP contribution >= 0.6 is 34.3 Å². The molecule has 0 aliphatic carbocycles. The van der Waals surface area contributed by atoms with Crippen LogP contribution in [0.5, 0.6) is 0 Å². The molecule has 104 valence electrons. The van der Waals surface area contributed by atoms with Gasteiger partial charge in [0.1, 0.15) is 0 Å². The second kappa shape index (κ2) is 6.40. The maximum absolute atomic E-state index is 6.08. The summed E-state index contributed by atoms with van der Waals surface area (Å²) >= 11 is 9.53. The molecule has 1 atom stereocenters. The van der Waals surface area contributed by atoms with E-state index in [1.54, 1.807) is 22.7 Å². The fraction of sp³-hybridized carbons (Fsp3) is 0.467. The highest BCUT2D eigenvalue weighted by Gasteiger charge is 2.21. The molecule has 0 saturated carbocycles. The molecule has 0 fully saturated rings. The van der Waals surface area contributed by atoms with E-state index in [4.69, 9.17) is 11.6 Å². The van der Waals surface area contributed by atoms with Gasteiger partial charge in [0.05, 0.1) is 10.4 Å². The Balaban J connectivity index is 2.16. The summed E-state index contributed by atoms with van der Waals surface area (Å²) in [5, 5.41) is 5.83. The van der Waals surface area contributed by atoms with E-state index < -0.39 is 0 Å². The van der Waals surface area contributed by atoms with Crippen LogP contribution in [-0.2, 0) is 0 Å². The normalized spacial score (nSPS) is 13.7. The summed E-state index contributed by atoms with van der Waals surface area (Å²) < 4.78 is 0.855. The molecule has 2 heterocycles. The maximum atomic E-state index is 6.08. The molecule has 2 aromatic rings. The molecule has 0 aliphatic heterocycles. The molecule has 0 spiro atoms. The summed E-state index contributed by atoms with van der Waals surface area (Å²) in [7, 11) is 0. The molecular formula is C15H20ClNS2. The maximum Gasteiger partial charge on any atom is 0.0931 e. The molecule has 0 saturated heterocycles. The van der Waals surface area contributed by atoms with Gasteiger partial charge in [0.15, 0.2) is 0 Å². The van der Waals surface area contributed by atoms with Gasteiger partial charge in [-0.2, -0.15) is 0 Å². The second-order valence-corrected chi connectivity index (χ2v) is 8.21. The van der Waals surface area contributed by atoms with Crippen LogP contribution in [0, 0.1) is 5.41 Å². The summed E-state index contributed by atoms with van der Waals surface area (Å²) in [6.45, 7) is 7.84. The Bertz CT molecular complexity index is 502. The number of hydrogen-bond acceptors (Lipinski definition) is 3. The molecule has 1 unspecified atom stereocenters. The third-order valence-corrected chi connectivity index (χ3v) is 5.68. The van der Waals surface area contributed by atoms with Gasteiger partial charge in [-0.05, 0) is 35.4 Å². The van der Waals surface area contributed by atoms with Gasteiger partial charge in [-0.1, -0.05) is 38.4 Å². The topological polar surface area (TPSA) is 12.0 Å². The van der Waals surface area contributed by atoms with Crippen molar-refractivity contribution in [3.8, 4) is 0 Å². The van der Waals surface area contributed by atoms with E-state index in [-0.39, 0.29) is 6.04 Å². The largest absolute Gasteiger partial charge is 0.304 e. The lowest BCUT2D eigenvalue weighted by Gasteiger charge is -2.26. The number of thiophene rings is 2. The van der Waals surface area contributed by atoms with Crippen LogP contribution in [0.4, 0.5) is 0 Å². The van der Waals surface area contributed by atoms with E-state index >= 15 is 0 Å². The number of rotatable bonds is 6. The number of halogens is 1. The van der Waals surface area contributed by atoms with Crippen LogP contribution in [0.2, 0.25) is 4.34 Å². The average Bonchev–Trinajstić information content (AvgIpc) is 3.02. The molecular weight excluding hydrogens is 294 g/mol. The Morgan fingerprint density at radius 1 is 1.26 bits per heavy atom. The summed E-state index contributed by atoms with van der Waals surface area (Å²) in [5.74, 6) is 0. The van der Waals surface area contributed by atoms with E-state index in [1.807, 2.05) is 6.07 Å². The van der Waals surface area contributed by atoms with Gasteiger partial charge < -0.3 is 5.32 Å². The third-order valence-electron chi connectivity index (χ3n) is 3.45. The van der Waals surface area contributed by atoms with Crippen LogP contribution in [0.15, 0.2) is 29.6 Å². The quantitative estimate of drug-likeness (QED) is 0.734. The first-order valence-electron chi connectivity index (χ1n) is 6.54. The van der Waals surface area contributed by atoms with Crippen LogP contribution in [0.25, 0.3) is 0 Å². The summed E-state index contributed by atoms with van der Waals surface area (Å²) in [5.41, 5.74) is 0.316. The first-order chi connectivity index (χ1) is 9.02. The lowest BCUT2D eigenvalue weighted by molar-refractivity contribution is 0.319. The predicted octanol–water partition coefficient (Wildman–Crippen LogP) is 5.58. The molecule has 4 heteroatoms. The van der Waals surface area contributed by atoms with Crippen molar-refractivity contribution in [3.05, 3.63) is 43.7 Å². The minimum atomic E-state index is 0.267. The lowest BCUT2D eigenvalue weighted by atomic mass is 9.90. The summed E-state index contributed by atoms with van der Waals surface area (Å²) in [6, 6.07) is 8.67. The van der Waals surface area contributed by atoms with E-state index in [0.717, 1.165) is 10.9 Å². The molecule has 2 aromatic heterocycles. The summed E-state index contributed by atoms with van der Waals surface area (Å²) in [6.07, 6.45) is 1.17. The third kappa shape index (κ3) is 4.06. The Labute approximate surface area is 128 Å². The first kappa shape index (κ1) is 15.0. The zero-order chi connectivity index (χ0) is 13.9. The smallest absolute Gasteiger partial charge is 0.0931 e. The molecule has 0 amide bonds. The minimum Gasteiger partial charge on any atom is -0.304 e. The van der Waals surface area contributed by atoms with Gasteiger partial charge in [-0.15, -0.1) is 22.7 Å².